The Labute approximate surface area is 136 Å². The number of carbonyl (C=O) groups is 1. The molecule has 0 radical (unpaired) electrons. The number of fused-ring (bicyclic) bond motifs is 1. The highest BCUT2D eigenvalue weighted by Gasteiger charge is 2.32. The molecule has 0 aromatic carbocycles. The molecule has 2 saturated heterocycles. The van der Waals surface area contributed by atoms with Gasteiger partial charge < -0.3 is 14.6 Å². The van der Waals surface area contributed by atoms with Crippen LogP contribution in [0.25, 0.3) is 5.65 Å². The molecule has 6 nitrogen and oxygen atoms in total. The lowest BCUT2D eigenvalue weighted by Crippen LogP contribution is -2.49. The molecule has 1 atom stereocenters. The lowest BCUT2D eigenvalue weighted by atomic mass is 10.2. The summed E-state index contributed by atoms with van der Waals surface area (Å²) in [6.07, 6.45) is 4.87. The van der Waals surface area contributed by atoms with E-state index in [1.807, 2.05) is 40.8 Å². The Morgan fingerprint density at radius 1 is 1.30 bits per heavy atom. The van der Waals surface area contributed by atoms with Crippen LogP contribution in [-0.4, -0.2) is 70.4 Å². The van der Waals surface area contributed by atoms with Gasteiger partial charge in [-0.3, -0.25) is 9.69 Å². The molecule has 2 fully saturated rings. The Hall–Kier alpha value is -1.92. The van der Waals surface area contributed by atoms with Gasteiger partial charge in [0.1, 0.15) is 11.3 Å². The van der Waals surface area contributed by atoms with E-state index in [1.165, 1.54) is 0 Å². The lowest BCUT2D eigenvalue weighted by Gasteiger charge is -2.32. The second-order valence-electron chi connectivity index (χ2n) is 6.58. The van der Waals surface area contributed by atoms with Gasteiger partial charge >= 0.3 is 0 Å². The minimum Gasteiger partial charge on any atom is -0.336 e. The van der Waals surface area contributed by atoms with Gasteiger partial charge in [-0.2, -0.15) is 0 Å². The summed E-state index contributed by atoms with van der Waals surface area (Å²) in [6.45, 7) is 7.97. The van der Waals surface area contributed by atoms with Gasteiger partial charge in [0.15, 0.2) is 0 Å². The van der Waals surface area contributed by atoms with E-state index in [9.17, 15) is 4.79 Å². The summed E-state index contributed by atoms with van der Waals surface area (Å²) in [5.74, 6) is 0.0592. The Bertz CT molecular complexity index is 719. The van der Waals surface area contributed by atoms with Gasteiger partial charge in [-0.05, 0) is 31.0 Å². The average molecular weight is 313 g/mol. The Kier molecular flexibility index (Phi) is 3.79. The van der Waals surface area contributed by atoms with Gasteiger partial charge in [-0.15, -0.1) is 0 Å². The summed E-state index contributed by atoms with van der Waals surface area (Å²) in [6, 6.07) is 4.53. The second kappa shape index (κ2) is 5.94. The molecule has 0 saturated carbocycles. The summed E-state index contributed by atoms with van der Waals surface area (Å²) >= 11 is 0. The Morgan fingerprint density at radius 2 is 2.13 bits per heavy atom. The highest BCUT2D eigenvalue weighted by molar-refractivity contribution is 5.93. The Morgan fingerprint density at radius 3 is 2.96 bits per heavy atom. The molecule has 0 spiro atoms. The molecule has 2 aliphatic heterocycles. The molecule has 0 bridgehead atoms. The van der Waals surface area contributed by atoms with Crippen LogP contribution < -0.4 is 5.32 Å². The molecule has 2 aromatic rings. The number of carbonyl (C=O) groups excluding carboxylic acids is 1. The highest BCUT2D eigenvalue weighted by Crippen LogP contribution is 2.19. The first-order valence-electron chi connectivity index (χ1n) is 8.40. The first-order valence-corrected chi connectivity index (χ1v) is 8.40. The van der Waals surface area contributed by atoms with Crippen molar-refractivity contribution in [1.82, 2.24) is 24.5 Å². The van der Waals surface area contributed by atoms with Crippen LogP contribution in [0, 0.1) is 6.92 Å². The van der Waals surface area contributed by atoms with Crippen LogP contribution in [0.4, 0.5) is 0 Å². The van der Waals surface area contributed by atoms with E-state index in [1.54, 1.807) is 0 Å². The predicted molar refractivity (Wildman–Crippen MR) is 88.7 cm³/mol. The topological polar surface area (TPSA) is 52.9 Å². The third-order valence-electron chi connectivity index (χ3n) is 4.95. The van der Waals surface area contributed by atoms with Crippen molar-refractivity contribution in [2.75, 3.05) is 39.3 Å². The number of rotatable bonds is 2. The number of aromatic nitrogens is 2. The third kappa shape index (κ3) is 2.84. The fourth-order valence-electron chi connectivity index (χ4n) is 3.62. The van der Waals surface area contributed by atoms with Crippen molar-refractivity contribution >= 4 is 11.6 Å². The number of piperazine rings is 1. The maximum Gasteiger partial charge on any atom is 0.274 e. The van der Waals surface area contributed by atoms with Crippen LogP contribution in [0.3, 0.4) is 0 Å². The monoisotopic (exact) mass is 313 g/mol. The van der Waals surface area contributed by atoms with Gasteiger partial charge in [0, 0.05) is 57.7 Å². The zero-order valence-electron chi connectivity index (χ0n) is 13.5. The maximum atomic E-state index is 12.7. The van der Waals surface area contributed by atoms with Crippen LogP contribution >= 0.6 is 0 Å². The fourth-order valence-corrected chi connectivity index (χ4v) is 3.62. The molecule has 2 aliphatic rings. The van der Waals surface area contributed by atoms with Crippen molar-refractivity contribution in [1.29, 1.82) is 0 Å². The van der Waals surface area contributed by atoms with E-state index in [0.29, 0.717) is 11.7 Å². The number of hydrogen-bond donors (Lipinski definition) is 1. The third-order valence-corrected chi connectivity index (χ3v) is 4.95. The van der Waals surface area contributed by atoms with Crippen molar-refractivity contribution in [3.63, 3.8) is 0 Å². The minimum atomic E-state index is 0.0592. The summed E-state index contributed by atoms with van der Waals surface area (Å²) in [5.41, 5.74) is 2.55. The standard InChI is InChI=1S/C17H23N5O/c1-13-2-6-21-12-15(19-16(21)10-13)17(23)22-7-3-14(11-22)20-8-4-18-5-9-20/h2,6,10,12,14,18H,3-5,7-9,11H2,1H3. The largest absolute Gasteiger partial charge is 0.336 e. The zero-order valence-corrected chi connectivity index (χ0v) is 13.5. The molecule has 4 heterocycles. The van der Waals surface area contributed by atoms with Crippen LogP contribution in [0.2, 0.25) is 0 Å². The number of pyridine rings is 1. The first-order chi connectivity index (χ1) is 11.2. The zero-order chi connectivity index (χ0) is 15.8. The first kappa shape index (κ1) is 14.7. The van der Waals surface area contributed by atoms with Gasteiger partial charge in [0.2, 0.25) is 0 Å². The number of amides is 1. The normalized spacial score (nSPS) is 22.8. The molecule has 122 valence electrons. The average Bonchev–Trinajstić information content (AvgIpc) is 3.21. The molecule has 1 unspecified atom stereocenters. The number of hydrogen-bond acceptors (Lipinski definition) is 4. The lowest BCUT2D eigenvalue weighted by molar-refractivity contribution is 0.0768. The number of imidazole rings is 1. The molecular formula is C17H23N5O. The molecule has 1 N–H and O–H groups in total. The number of nitrogens with zero attached hydrogens (tertiary/aromatic N) is 4. The minimum absolute atomic E-state index is 0.0592. The Balaban J connectivity index is 1.48. The number of nitrogens with one attached hydrogen (secondary N) is 1. The van der Waals surface area contributed by atoms with Crippen LogP contribution in [0.5, 0.6) is 0 Å². The van der Waals surface area contributed by atoms with E-state index in [4.69, 9.17) is 0 Å². The van der Waals surface area contributed by atoms with E-state index < -0.39 is 0 Å². The molecule has 2 aromatic heterocycles. The van der Waals surface area contributed by atoms with Crippen LogP contribution in [0.15, 0.2) is 24.5 Å². The van der Waals surface area contributed by atoms with E-state index in [2.05, 4.69) is 15.2 Å². The van der Waals surface area contributed by atoms with Gasteiger partial charge in [0.25, 0.3) is 5.91 Å². The van der Waals surface area contributed by atoms with Crippen LogP contribution in [-0.2, 0) is 0 Å². The molecule has 0 aliphatic carbocycles. The summed E-state index contributed by atoms with van der Waals surface area (Å²) in [7, 11) is 0. The van der Waals surface area contributed by atoms with E-state index in [0.717, 1.165) is 56.9 Å². The predicted octanol–water partition coefficient (Wildman–Crippen LogP) is 0.762. The molecule has 4 rings (SSSR count). The summed E-state index contributed by atoms with van der Waals surface area (Å²) in [5, 5.41) is 3.38. The highest BCUT2D eigenvalue weighted by atomic mass is 16.2. The molecule has 6 heteroatoms. The SMILES string of the molecule is Cc1ccn2cc(C(=O)N3CCC(N4CCNCC4)C3)nc2c1. The van der Waals surface area contributed by atoms with Crippen LogP contribution in [0.1, 0.15) is 22.5 Å². The molecule has 1 amide bonds. The van der Waals surface area contributed by atoms with Crippen molar-refractivity contribution in [2.24, 2.45) is 0 Å². The van der Waals surface area contributed by atoms with Crippen molar-refractivity contribution in [2.45, 2.75) is 19.4 Å². The second-order valence-corrected chi connectivity index (χ2v) is 6.58. The fraction of sp³-hybridized carbons (Fsp3) is 0.529. The quantitative estimate of drug-likeness (QED) is 0.889. The molecule has 23 heavy (non-hydrogen) atoms. The van der Waals surface area contributed by atoms with E-state index >= 15 is 0 Å². The van der Waals surface area contributed by atoms with Crippen molar-refractivity contribution < 1.29 is 4.79 Å². The van der Waals surface area contributed by atoms with Crippen molar-refractivity contribution in [3.05, 3.63) is 35.8 Å². The van der Waals surface area contributed by atoms with Gasteiger partial charge in [0.05, 0.1) is 0 Å². The number of aryl methyl sites for hydroxylation is 1. The number of likely N-dealkylation sites (tertiary alicyclic amines) is 1. The van der Waals surface area contributed by atoms with Gasteiger partial charge in [-0.1, -0.05) is 0 Å². The molecular weight excluding hydrogens is 290 g/mol. The van der Waals surface area contributed by atoms with Crippen molar-refractivity contribution in [3.8, 4) is 0 Å². The van der Waals surface area contributed by atoms with Gasteiger partial charge in [-0.25, -0.2) is 4.98 Å². The maximum absolute atomic E-state index is 12.7. The summed E-state index contributed by atoms with van der Waals surface area (Å²) < 4.78 is 1.92. The van der Waals surface area contributed by atoms with E-state index in [-0.39, 0.29) is 5.91 Å². The smallest absolute Gasteiger partial charge is 0.274 e. The summed E-state index contributed by atoms with van der Waals surface area (Å²) in [4.78, 5) is 21.7.